The molecule has 2 amide bonds. The zero-order chi connectivity index (χ0) is 16.5. The molecule has 0 bridgehead atoms. The van der Waals surface area contributed by atoms with E-state index < -0.39 is 0 Å². The number of hydrogen-bond acceptors (Lipinski definition) is 6. The second-order valence-corrected chi connectivity index (χ2v) is 7.61. The van der Waals surface area contributed by atoms with Crippen LogP contribution in [0.4, 0.5) is 0 Å². The minimum absolute atomic E-state index is 0.0531. The molecule has 1 aliphatic heterocycles. The highest BCUT2D eigenvalue weighted by Crippen LogP contribution is 2.30. The molecule has 4 rings (SSSR count). The van der Waals surface area contributed by atoms with E-state index in [1.165, 1.54) is 17.5 Å². The Morgan fingerprint density at radius 3 is 2.54 bits per heavy atom. The average molecular weight is 361 g/mol. The Morgan fingerprint density at radius 2 is 1.83 bits per heavy atom. The second kappa shape index (κ2) is 6.37. The third-order valence-corrected chi connectivity index (χ3v) is 6.15. The van der Waals surface area contributed by atoms with Crippen LogP contribution in [0, 0.1) is 0 Å². The van der Waals surface area contributed by atoms with E-state index in [2.05, 4.69) is 5.16 Å². The number of rotatable bonds is 2. The molecule has 4 heterocycles. The molecule has 24 heavy (non-hydrogen) atoms. The summed E-state index contributed by atoms with van der Waals surface area (Å²) in [6.45, 7) is 2.31. The molecule has 0 spiro atoms. The molecule has 3 aromatic heterocycles. The maximum absolute atomic E-state index is 12.7. The molecule has 8 heteroatoms. The van der Waals surface area contributed by atoms with Crippen LogP contribution in [0.1, 0.15) is 26.6 Å². The number of fused-ring (bicyclic) bond motifs is 1. The van der Waals surface area contributed by atoms with Crippen molar-refractivity contribution < 1.29 is 14.1 Å². The first kappa shape index (κ1) is 15.3. The van der Waals surface area contributed by atoms with Gasteiger partial charge in [-0.05, 0) is 23.9 Å². The summed E-state index contributed by atoms with van der Waals surface area (Å²) in [5.74, 6) is 0.129. The van der Waals surface area contributed by atoms with Crippen LogP contribution in [0.3, 0.4) is 0 Å². The quantitative estimate of drug-likeness (QED) is 0.704. The van der Waals surface area contributed by atoms with Gasteiger partial charge < -0.3 is 14.3 Å². The van der Waals surface area contributed by atoms with Crippen molar-refractivity contribution in [2.45, 2.75) is 6.42 Å². The zero-order valence-corrected chi connectivity index (χ0v) is 14.4. The fraction of sp³-hybridized carbons (Fsp3) is 0.312. The molecule has 0 aliphatic carbocycles. The van der Waals surface area contributed by atoms with E-state index >= 15 is 0 Å². The van der Waals surface area contributed by atoms with Gasteiger partial charge in [-0.15, -0.1) is 22.7 Å². The maximum Gasteiger partial charge on any atom is 0.292 e. The van der Waals surface area contributed by atoms with E-state index in [0.717, 1.165) is 20.7 Å². The van der Waals surface area contributed by atoms with Crippen LogP contribution in [-0.2, 0) is 0 Å². The molecule has 1 aliphatic rings. The van der Waals surface area contributed by atoms with Gasteiger partial charge >= 0.3 is 0 Å². The van der Waals surface area contributed by atoms with Crippen LogP contribution < -0.4 is 0 Å². The Hall–Kier alpha value is -2.19. The van der Waals surface area contributed by atoms with Gasteiger partial charge in [0.05, 0.1) is 11.1 Å². The molecule has 0 saturated carbocycles. The van der Waals surface area contributed by atoms with Gasteiger partial charge in [-0.2, -0.15) is 0 Å². The van der Waals surface area contributed by atoms with Crippen LogP contribution in [0.15, 0.2) is 34.3 Å². The predicted octanol–water partition coefficient (Wildman–Crippen LogP) is 2.94. The summed E-state index contributed by atoms with van der Waals surface area (Å²) < 4.78 is 7.24. The highest BCUT2D eigenvalue weighted by molar-refractivity contribution is 7.27. The second-order valence-electron chi connectivity index (χ2n) is 5.57. The molecule has 0 radical (unpaired) electrons. The van der Waals surface area contributed by atoms with Crippen molar-refractivity contribution in [3.8, 4) is 0 Å². The van der Waals surface area contributed by atoms with Gasteiger partial charge in [0, 0.05) is 41.6 Å². The lowest BCUT2D eigenvalue weighted by Crippen LogP contribution is -2.37. The summed E-state index contributed by atoms with van der Waals surface area (Å²) in [5, 5.41) is 5.61. The number of amides is 2. The van der Waals surface area contributed by atoms with Gasteiger partial charge in [0.1, 0.15) is 0 Å². The van der Waals surface area contributed by atoms with Crippen LogP contribution in [0.2, 0.25) is 0 Å². The lowest BCUT2D eigenvalue weighted by Gasteiger charge is -2.21. The molecule has 0 aromatic carbocycles. The summed E-state index contributed by atoms with van der Waals surface area (Å²) >= 11 is 3.18. The molecule has 1 fully saturated rings. The van der Waals surface area contributed by atoms with Gasteiger partial charge in [-0.25, -0.2) is 0 Å². The topological polar surface area (TPSA) is 66.7 Å². The highest BCUT2D eigenvalue weighted by Gasteiger charge is 2.25. The lowest BCUT2D eigenvalue weighted by atomic mass is 10.3. The summed E-state index contributed by atoms with van der Waals surface area (Å²) in [4.78, 5) is 29.4. The Balaban J connectivity index is 1.45. The van der Waals surface area contributed by atoms with Gasteiger partial charge in [-0.3, -0.25) is 9.59 Å². The zero-order valence-electron chi connectivity index (χ0n) is 12.8. The number of aromatic nitrogens is 1. The Kier molecular flexibility index (Phi) is 4.07. The van der Waals surface area contributed by atoms with Gasteiger partial charge in [0.25, 0.3) is 11.8 Å². The molecule has 0 unspecified atom stereocenters. The largest absolute Gasteiger partial charge is 0.351 e. The molecular weight excluding hydrogens is 346 g/mol. The minimum Gasteiger partial charge on any atom is -0.351 e. The molecule has 124 valence electrons. The van der Waals surface area contributed by atoms with Crippen molar-refractivity contribution in [3.63, 3.8) is 0 Å². The van der Waals surface area contributed by atoms with E-state index in [1.54, 1.807) is 22.3 Å². The van der Waals surface area contributed by atoms with Crippen LogP contribution in [0.5, 0.6) is 0 Å². The first-order chi connectivity index (χ1) is 11.7. The summed E-state index contributed by atoms with van der Waals surface area (Å²) in [7, 11) is 0. The maximum atomic E-state index is 12.7. The first-order valence-corrected chi connectivity index (χ1v) is 9.38. The average Bonchev–Trinajstić information content (AvgIpc) is 3.27. The fourth-order valence-electron chi connectivity index (χ4n) is 2.83. The van der Waals surface area contributed by atoms with Crippen LogP contribution in [0.25, 0.3) is 9.40 Å². The van der Waals surface area contributed by atoms with Gasteiger partial charge in [-0.1, -0.05) is 5.16 Å². The molecule has 3 aromatic rings. The number of carbonyl (C=O) groups excluding carboxylic acids is 2. The van der Waals surface area contributed by atoms with E-state index in [0.29, 0.717) is 26.2 Å². The summed E-state index contributed by atoms with van der Waals surface area (Å²) in [6.07, 6.45) is 2.22. The van der Waals surface area contributed by atoms with E-state index in [4.69, 9.17) is 4.52 Å². The molecule has 6 nitrogen and oxygen atoms in total. The predicted molar refractivity (Wildman–Crippen MR) is 92.6 cm³/mol. The summed E-state index contributed by atoms with van der Waals surface area (Å²) in [5.41, 5.74) is 0. The van der Waals surface area contributed by atoms with Crippen molar-refractivity contribution in [2.75, 3.05) is 26.2 Å². The standard InChI is InChI=1S/C16H15N3O3S2/c20-15(11-2-4-17-22-11)18-5-1-6-19(8-7-18)16(21)14-10-13-12(24-14)3-9-23-13/h2-4,9-10H,1,5-8H2. The monoisotopic (exact) mass is 361 g/mol. The van der Waals surface area contributed by atoms with Crippen molar-refractivity contribution in [1.82, 2.24) is 15.0 Å². The fourth-order valence-corrected chi connectivity index (χ4v) is 4.91. The number of nitrogens with zero attached hydrogens (tertiary/aromatic N) is 3. The number of carbonyl (C=O) groups is 2. The molecule has 0 atom stereocenters. The SMILES string of the molecule is O=C(c1ccno1)N1CCCN(C(=O)c2cc3sccc3s2)CC1. The minimum atomic E-state index is -0.168. The van der Waals surface area contributed by atoms with Crippen molar-refractivity contribution >= 4 is 43.9 Å². The van der Waals surface area contributed by atoms with E-state index in [-0.39, 0.29) is 17.6 Å². The van der Waals surface area contributed by atoms with E-state index in [9.17, 15) is 9.59 Å². The first-order valence-electron chi connectivity index (χ1n) is 7.68. The molecular formula is C16H15N3O3S2. The Morgan fingerprint density at radius 1 is 1.04 bits per heavy atom. The number of thiophene rings is 2. The van der Waals surface area contributed by atoms with Crippen molar-refractivity contribution in [2.24, 2.45) is 0 Å². The Bertz CT molecular complexity index is 840. The smallest absolute Gasteiger partial charge is 0.292 e. The molecule has 0 N–H and O–H groups in total. The van der Waals surface area contributed by atoms with Gasteiger partial charge in [0.2, 0.25) is 5.76 Å². The number of hydrogen-bond donors (Lipinski definition) is 0. The van der Waals surface area contributed by atoms with Crippen molar-refractivity contribution in [1.29, 1.82) is 0 Å². The summed E-state index contributed by atoms with van der Waals surface area (Å²) in [6, 6.07) is 5.57. The molecule has 1 saturated heterocycles. The third-order valence-electron chi connectivity index (χ3n) is 4.07. The van der Waals surface area contributed by atoms with Gasteiger partial charge in [0.15, 0.2) is 0 Å². The lowest BCUT2D eigenvalue weighted by molar-refractivity contribution is 0.0695. The van der Waals surface area contributed by atoms with Crippen LogP contribution >= 0.6 is 22.7 Å². The third kappa shape index (κ3) is 2.83. The highest BCUT2D eigenvalue weighted by atomic mass is 32.1. The normalized spacial score (nSPS) is 15.7. The van der Waals surface area contributed by atoms with Crippen LogP contribution in [-0.4, -0.2) is 52.9 Å². The van der Waals surface area contributed by atoms with E-state index in [1.807, 2.05) is 22.4 Å². The Labute approximate surface area is 146 Å². The van der Waals surface area contributed by atoms with Crippen molar-refractivity contribution in [3.05, 3.63) is 40.4 Å².